The second kappa shape index (κ2) is 6.55. The summed E-state index contributed by atoms with van der Waals surface area (Å²) in [4.78, 5) is 23.6. The molecule has 3 atom stereocenters. The van der Waals surface area contributed by atoms with Gasteiger partial charge in [-0.1, -0.05) is 33.3 Å². The van der Waals surface area contributed by atoms with E-state index in [1.807, 2.05) is 6.08 Å². The van der Waals surface area contributed by atoms with Crippen molar-refractivity contribution in [3.05, 3.63) is 11.6 Å². The maximum absolute atomic E-state index is 12.1. The Balaban J connectivity index is 1.92. The minimum atomic E-state index is -0.226. The molecule has 0 aromatic rings. The highest BCUT2D eigenvalue weighted by atomic mass is 16.5. The fourth-order valence-corrected chi connectivity index (χ4v) is 3.44. The average Bonchev–Trinajstić information content (AvgIpc) is 2.74. The van der Waals surface area contributed by atoms with E-state index >= 15 is 0 Å². The first-order valence-corrected chi connectivity index (χ1v) is 7.89. The highest BCUT2D eigenvalue weighted by Crippen LogP contribution is 2.35. The lowest BCUT2D eigenvalue weighted by Crippen LogP contribution is -2.36. The quantitative estimate of drug-likeness (QED) is 0.737. The zero-order chi connectivity index (χ0) is 14.7. The largest absolute Gasteiger partial charge is 0.462 e. The van der Waals surface area contributed by atoms with Crippen molar-refractivity contribution < 1.29 is 14.3 Å². The third kappa shape index (κ3) is 3.71. The van der Waals surface area contributed by atoms with Gasteiger partial charge in [-0.3, -0.25) is 9.59 Å². The van der Waals surface area contributed by atoms with Gasteiger partial charge in [-0.05, 0) is 37.0 Å². The molecule has 1 saturated carbocycles. The smallest absolute Gasteiger partial charge is 0.310 e. The number of carbonyl (C=O) groups excluding carboxylic acids is 2. The summed E-state index contributed by atoms with van der Waals surface area (Å²) in [7, 11) is 0. The number of carbonyl (C=O) groups is 2. The Morgan fingerprint density at radius 2 is 2.15 bits per heavy atom. The van der Waals surface area contributed by atoms with Crippen LogP contribution in [0.3, 0.4) is 0 Å². The van der Waals surface area contributed by atoms with Crippen LogP contribution in [0.25, 0.3) is 0 Å². The number of ketones is 1. The summed E-state index contributed by atoms with van der Waals surface area (Å²) in [6, 6.07) is 0. The van der Waals surface area contributed by atoms with E-state index in [9.17, 15) is 9.59 Å². The molecule has 0 saturated heterocycles. The van der Waals surface area contributed by atoms with Crippen molar-refractivity contribution in [2.24, 2.45) is 17.8 Å². The van der Waals surface area contributed by atoms with Crippen LogP contribution >= 0.6 is 0 Å². The summed E-state index contributed by atoms with van der Waals surface area (Å²) in [5.74, 6) is 1.50. The highest BCUT2D eigenvalue weighted by Gasteiger charge is 2.33. The van der Waals surface area contributed by atoms with Crippen LogP contribution in [0, 0.1) is 17.8 Å². The Kier molecular flexibility index (Phi) is 5.00. The molecule has 0 amide bonds. The number of esters is 1. The molecule has 0 heterocycles. The van der Waals surface area contributed by atoms with Gasteiger partial charge in [0.25, 0.3) is 0 Å². The van der Waals surface area contributed by atoms with Gasteiger partial charge in [-0.15, -0.1) is 0 Å². The molecular weight excluding hydrogens is 252 g/mol. The van der Waals surface area contributed by atoms with Gasteiger partial charge >= 0.3 is 5.97 Å². The van der Waals surface area contributed by atoms with Crippen molar-refractivity contribution in [1.82, 2.24) is 0 Å². The molecule has 2 aliphatic carbocycles. The number of rotatable bonds is 4. The fraction of sp³-hybridized carbons (Fsp3) is 0.765. The van der Waals surface area contributed by atoms with Gasteiger partial charge in [-0.2, -0.15) is 0 Å². The SMILES string of the molecule is CC(C)[C@@H]1CC[C@@H](C)C[C@H]1OC(=O)CC1=CCCC1=O. The Morgan fingerprint density at radius 1 is 1.40 bits per heavy atom. The molecule has 0 N–H and O–H groups in total. The van der Waals surface area contributed by atoms with Crippen LogP contribution in [0.5, 0.6) is 0 Å². The van der Waals surface area contributed by atoms with Crippen LogP contribution in [0.1, 0.15) is 59.3 Å². The normalized spacial score (nSPS) is 30.5. The van der Waals surface area contributed by atoms with Gasteiger partial charge in [0.1, 0.15) is 6.10 Å². The zero-order valence-corrected chi connectivity index (χ0v) is 12.9. The fourth-order valence-electron chi connectivity index (χ4n) is 3.44. The van der Waals surface area contributed by atoms with Crippen LogP contribution in [0.15, 0.2) is 11.6 Å². The predicted octanol–water partition coefficient (Wildman–Crippen LogP) is 3.67. The van der Waals surface area contributed by atoms with Crippen molar-refractivity contribution in [3.8, 4) is 0 Å². The van der Waals surface area contributed by atoms with Gasteiger partial charge in [0.05, 0.1) is 6.42 Å². The summed E-state index contributed by atoms with van der Waals surface area (Å²) in [5.41, 5.74) is 0.653. The summed E-state index contributed by atoms with van der Waals surface area (Å²) in [6.07, 6.45) is 6.72. The maximum atomic E-state index is 12.1. The van der Waals surface area contributed by atoms with Crippen LogP contribution < -0.4 is 0 Å². The molecule has 20 heavy (non-hydrogen) atoms. The van der Waals surface area contributed by atoms with Gasteiger partial charge in [0, 0.05) is 12.0 Å². The third-order valence-corrected chi connectivity index (χ3v) is 4.70. The number of hydrogen-bond donors (Lipinski definition) is 0. The molecule has 3 nitrogen and oxygen atoms in total. The maximum Gasteiger partial charge on any atom is 0.310 e. The van der Waals surface area contributed by atoms with Crippen molar-refractivity contribution in [2.75, 3.05) is 0 Å². The lowest BCUT2D eigenvalue weighted by atomic mass is 9.75. The van der Waals surface area contributed by atoms with Crippen LogP contribution in [0.4, 0.5) is 0 Å². The van der Waals surface area contributed by atoms with E-state index in [1.54, 1.807) is 0 Å². The Morgan fingerprint density at radius 3 is 2.75 bits per heavy atom. The summed E-state index contributed by atoms with van der Waals surface area (Å²) >= 11 is 0. The number of hydrogen-bond acceptors (Lipinski definition) is 3. The van der Waals surface area contributed by atoms with E-state index in [2.05, 4.69) is 20.8 Å². The molecule has 2 aliphatic rings. The Bertz CT molecular complexity index is 408. The summed E-state index contributed by atoms with van der Waals surface area (Å²) < 4.78 is 5.71. The number of allylic oxidation sites excluding steroid dienone is 1. The topological polar surface area (TPSA) is 43.4 Å². The minimum absolute atomic E-state index is 0.0309. The summed E-state index contributed by atoms with van der Waals surface area (Å²) in [5, 5.41) is 0. The molecule has 0 aromatic heterocycles. The molecule has 3 heteroatoms. The first-order chi connectivity index (χ1) is 9.47. The van der Waals surface area contributed by atoms with E-state index in [1.165, 1.54) is 6.42 Å². The second-order valence-electron chi connectivity index (χ2n) is 6.72. The highest BCUT2D eigenvalue weighted by molar-refractivity contribution is 6.01. The average molecular weight is 278 g/mol. The molecule has 0 spiro atoms. The third-order valence-electron chi connectivity index (χ3n) is 4.70. The molecule has 0 aromatic carbocycles. The lowest BCUT2D eigenvalue weighted by molar-refractivity contribution is -0.155. The number of Topliss-reactive ketones (excluding diaryl/α,β-unsaturated/α-hetero) is 1. The molecule has 112 valence electrons. The van der Waals surface area contributed by atoms with Crippen LogP contribution in [0.2, 0.25) is 0 Å². The molecule has 0 unspecified atom stereocenters. The standard InChI is InChI=1S/C17H26O3/c1-11(2)14-8-7-12(3)9-16(14)20-17(19)10-13-5-4-6-15(13)18/h5,11-12,14,16H,4,6-10H2,1-3H3/t12-,14+,16-/m1/s1. The predicted molar refractivity (Wildman–Crippen MR) is 78.2 cm³/mol. The monoisotopic (exact) mass is 278 g/mol. The molecule has 0 aliphatic heterocycles. The molecular formula is C17H26O3. The molecule has 1 fully saturated rings. The van der Waals surface area contributed by atoms with Crippen molar-refractivity contribution in [3.63, 3.8) is 0 Å². The van der Waals surface area contributed by atoms with Gasteiger partial charge in [0.2, 0.25) is 0 Å². The van der Waals surface area contributed by atoms with Gasteiger partial charge in [0.15, 0.2) is 5.78 Å². The lowest BCUT2D eigenvalue weighted by Gasteiger charge is -2.36. The second-order valence-corrected chi connectivity index (χ2v) is 6.72. The van der Waals surface area contributed by atoms with E-state index in [-0.39, 0.29) is 24.3 Å². The minimum Gasteiger partial charge on any atom is -0.462 e. The van der Waals surface area contributed by atoms with Gasteiger partial charge in [-0.25, -0.2) is 0 Å². The Labute approximate surface area is 121 Å². The van der Waals surface area contributed by atoms with E-state index < -0.39 is 0 Å². The van der Waals surface area contributed by atoms with Crippen molar-refractivity contribution in [1.29, 1.82) is 0 Å². The molecule has 0 bridgehead atoms. The first-order valence-electron chi connectivity index (χ1n) is 7.89. The van der Waals surface area contributed by atoms with Crippen molar-refractivity contribution >= 4 is 11.8 Å². The van der Waals surface area contributed by atoms with E-state index in [0.29, 0.717) is 29.7 Å². The molecule has 0 radical (unpaired) electrons. The van der Waals surface area contributed by atoms with E-state index in [4.69, 9.17) is 4.74 Å². The Hall–Kier alpha value is -1.12. The summed E-state index contributed by atoms with van der Waals surface area (Å²) in [6.45, 7) is 6.62. The van der Waals surface area contributed by atoms with Crippen molar-refractivity contribution in [2.45, 2.75) is 65.4 Å². The van der Waals surface area contributed by atoms with Gasteiger partial charge < -0.3 is 4.74 Å². The number of ether oxygens (including phenoxy) is 1. The van der Waals surface area contributed by atoms with Crippen LogP contribution in [-0.4, -0.2) is 17.9 Å². The zero-order valence-electron chi connectivity index (χ0n) is 12.9. The van der Waals surface area contributed by atoms with E-state index in [0.717, 1.165) is 19.3 Å². The molecule has 2 rings (SSSR count). The van der Waals surface area contributed by atoms with Crippen LogP contribution in [-0.2, 0) is 14.3 Å². The first kappa shape index (κ1) is 15.3.